The smallest absolute Gasteiger partial charge is 0.159 e. The van der Waals surface area contributed by atoms with Crippen molar-refractivity contribution >= 4 is 44.6 Å². The standard InChI is InChI=1S/C21H14N6S/c1-2-6-14(7-3-1)16-12-28-21-19(16)20(23-13-24-21)27-25-11-15-10-22-17-8-4-5-9-18(17)26-15/h1-13H,(H,23,24,27)/b25-11+. The van der Waals surface area contributed by atoms with Crippen molar-refractivity contribution in [3.05, 3.63) is 78.2 Å². The van der Waals surface area contributed by atoms with E-state index in [1.807, 2.05) is 42.5 Å². The zero-order valence-corrected chi connectivity index (χ0v) is 15.5. The Morgan fingerprint density at radius 1 is 0.893 bits per heavy atom. The van der Waals surface area contributed by atoms with Gasteiger partial charge in [-0.3, -0.25) is 10.4 Å². The van der Waals surface area contributed by atoms with Crippen molar-refractivity contribution in [3.8, 4) is 11.1 Å². The van der Waals surface area contributed by atoms with Gasteiger partial charge in [0.2, 0.25) is 0 Å². The van der Waals surface area contributed by atoms with Crippen LogP contribution in [-0.2, 0) is 0 Å². The Bertz CT molecular complexity index is 1300. The number of hydrazone groups is 1. The number of anilines is 1. The summed E-state index contributed by atoms with van der Waals surface area (Å²) in [5, 5.41) is 7.37. The Balaban J connectivity index is 1.48. The first-order chi connectivity index (χ1) is 13.9. The molecule has 0 unspecified atom stereocenters. The lowest BCUT2D eigenvalue weighted by Gasteiger charge is -2.04. The van der Waals surface area contributed by atoms with Crippen molar-refractivity contribution in [1.82, 2.24) is 19.9 Å². The van der Waals surface area contributed by atoms with E-state index >= 15 is 0 Å². The lowest BCUT2D eigenvalue weighted by molar-refractivity contribution is 1.19. The Labute approximate surface area is 164 Å². The number of aromatic nitrogens is 4. The van der Waals surface area contributed by atoms with Gasteiger partial charge in [0.05, 0.1) is 28.8 Å². The highest BCUT2D eigenvalue weighted by Gasteiger charge is 2.12. The zero-order chi connectivity index (χ0) is 18.8. The summed E-state index contributed by atoms with van der Waals surface area (Å²) in [5.74, 6) is 0.662. The summed E-state index contributed by atoms with van der Waals surface area (Å²) in [7, 11) is 0. The minimum absolute atomic E-state index is 0.662. The topological polar surface area (TPSA) is 76.0 Å². The van der Waals surface area contributed by atoms with Gasteiger partial charge in [0.25, 0.3) is 0 Å². The van der Waals surface area contributed by atoms with Crippen molar-refractivity contribution in [1.29, 1.82) is 0 Å². The van der Waals surface area contributed by atoms with Gasteiger partial charge < -0.3 is 0 Å². The van der Waals surface area contributed by atoms with Gasteiger partial charge in [0.15, 0.2) is 5.82 Å². The van der Waals surface area contributed by atoms with Crippen molar-refractivity contribution in [2.75, 3.05) is 5.43 Å². The number of nitrogens with zero attached hydrogens (tertiary/aromatic N) is 5. The summed E-state index contributed by atoms with van der Waals surface area (Å²) in [5.41, 5.74) is 7.61. The highest BCUT2D eigenvalue weighted by atomic mass is 32.1. The van der Waals surface area contributed by atoms with Crippen molar-refractivity contribution < 1.29 is 0 Å². The van der Waals surface area contributed by atoms with Crippen LogP contribution in [0.5, 0.6) is 0 Å². The first kappa shape index (κ1) is 16.5. The van der Waals surface area contributed by atoms with E-state index in [0.29, 0.717) is 11.5 Å². The summed E-state index contributed by atoms with van der Waals surface area (Å²) >= 11 is 1.59. The lowest BCUT2D eigenvalue weighted by atomic mass is 10.1. The molecule has 3 aromatic heterocycles. The van der Waals surface area contributed by atoms with Crippen LogP contribution >= 0.6 is 11.3 Å². The maximum absolute atomic E-state index is 4.54. The van der Waals surface area contributed by atoms with Crippen molar-refractivity contribution in [2.24, 2.45) is 5.10 Å². The molecule has 0 saturated heterocycles. The first-order valence-electron chi connectivity index (χ1n) is 8.67. The van der Waals surface area contributed by atoms with Crippen LogP contribution in [0.15, 0.2) is 77.6 Å². The van der Waals surface area contributed by atoms with Crippen LogP contribution in [0.3, 0.4) is 0 Å². The van der Waals surface area contributed by atoms with Gasteiger partial charge in [-0.15, -0.1) is 11.3 Å². The van der Waals surface area contributed by atoms with E-state index in [1.165, 1.54) is 0 Å². The molecule has 0 spiro atoms. The molecule has 0 atom stereocenters. The average Bonchev–Trinajstić information content (AvgIpc) is 3.19. The summed E-state index contributed by atoms with van der Waals surface area (Å²) in [6, 6.07) is 17.9. The van der Waals surface area contributed by atoms with Crippen LogP contribution in [-0.4, -0.2) is 26.2 Å². The Morgan fingerprint density at radius 2 is 1.71 bits per heavy atom. The number of nitrogens with one attached hydrogen (secondary N) is 1. The van der Waals surface area contributed by atoms with E-state index < -0.39 is 0 Å². The molecule has 28 heavy (non-hydrogen) atoms. The number of para-hydroxylation sites is 2. The minimum Gasteiger partial charge on any atom is -0.261 e. The molecular formula is C21H14N6S. The predicted molar refractivity (Wildman–Crippen MR) is 114 cm³/mol. The molecule has 0 radical (unpaired) electrons. The SMILES string of the molecule is C(=N\Nc1ncnc2scc(-c3ccccc3)c12)/c1cnc2ccccc2n1. The van der Waals surface area contributed by atoms with Gasteiger partial charge >= 0.3 is 0 Å². The molecule has 1 N–H and O–H groups in total. The van der Waals surface area contributed by atoms with E-state index in [2.05, 4.69) is 48.0 Å². The average molecular weight is 382 g/mol. The van der Waals surface area contributed by atoms with Gasteiger partial charge in [-0.25, -0.2) is 15.0 Å². The molecule has 3 heterocycles. The molecule has 5 rings (SSSR count). The Hall–Kier alpha value is -3.71. The van der Waals surface area contributed by atoms with Crippen molar-refractivity contribution in [3.63, 3.8) is 0 Å². The number of hydrogen-bond donors (Lipinski definition) is 1. The maximum Gasteiger partial charge on any atom is 0.159 e. The molecule has 0 amide bonds. The molecular weight excluding hydrogens is 368 g/mol. The quantitative estimate of drug-likeness (QED) is 0.359. The van der Waals surface area contributed by atoms with E-state index in [1.54, 1.807) is 30.1 Å². The molecule has 0 aliphatic rings. The number of benzene rings is 2. The van der Waals surface area contributed by atoms with Gasteiger partial charge in [0, 0.05) is 10.9 Å². The highest BCUT2D eigenvalue weighted by molar-refractivity contribution is 7.17. The number of rotatable bonds is 4. The third-order valence-corrected chi connectivity index (χ3v) is 5.18. The molecule has 134 valence electrons. The minimum atomic E-state index is 0.662. The van der Waals surface area contributed by atoms with E-state index in [-0.39, 0.29) is 0 Å². The van der Waals surface area contributed by atoms with Gasteiger partial charge in [-0.2, -0.15) is 5.10 Å². The summed E-state index contributed by atoms with van der Waals surface area (Å²) in [4.78, 5) is 18.6. The van der Waals surface area contributed by atoms with Crippen LogP contribution in [0.4, 0.5) is 5.82 Å². The predicted octanol–water partition coefficient (Wildman–Crippen LogP) is 4.75. The largest absolute Gasteiger partial charge is 0.261 e. The van der Waals surface area contributed by atoms with Crippen LogP contribution in [0, 0.1) is 0 Å². The normalized spacial score (nSPS) is 11.4. The van der Waals surface area contributed by atoms with Crippen LogP contribution in [0.25, 0.3) is 32.4 Å². The van der Waals surface area contributed by atoms with Gasteiger partial charge in [-0.1, -0.05) is 42.5 Å². The van der Waals surface area contributed by atoms with Crippen molar-refractivity contribution in [2.45, 2.75) is 0 Å². The van der Waals surface area contributed by atoms with E-state index in [4.69, 9.17) is 0 Å². The molecule has 6 nitrogen and oxygen atoms in total. The zero-order valence-electron chi connectivity index (χ0n) is 14.6. The molecule has 0 fully saturated rings. The molecule has 0 aliphatic heterocycles. The highest BCUT2D eigenvalue weighted by Crippen LogP contribution is 2.36. The molecule has 0 bridgehead atoms. The Kier molecular flexibility index (Phi) is 4.19. The van der Waals surface area contributed by atoms with Gasteiger partial charge in [0.1, 0.15) is 16.9 Å². The second kappa shape index (κ2) is 7.13. The molecule has 5 aromatic rings. The third-order valence-electron chi connectivity index (χ3n) is 4.29. The monoisotopic (exact) mass is 382 g/mol. The second-order valence-electron chi connectivity index (χ2n) is 6.07. The molecule has 0 saturated carbocycles. The van der Waals surface area contributed by atoms with Crippen LogP contribution < -0.4 is 5.43 Å². The first-order valence-corrected chi connectivity index (χ1v) is 9.55. The van der Waals surface area contributed by atoms with Gasteiger partial charge in [-0.05, 0) is 17.7 Å². The second-order valence-corrected chi connectivity index (χ2v) is 6.93. The lowest BCUT2D eigenvalue weighted by Crippen LogP contribution is -1.97. The van der Waals surface area contributed by atoms with Crippen LogP contribution in [0.1, 0.15) is 5.69 Å². The Morgan fingerprint density at radius 3 is 2.61 bits per heavy atom. The molecule has 2 aromatic carbocycles. The van der Waals surface area contributed by atoms with E-state index in [9.17, 15) is 0 Å². The molecule has 0 aliphatic carbocycles. The number of thiophene rings is 1. The summed E-state index contributed by atoms with van der Waals surface area (Å²) in [6.07, 6.45) is 4.88. The summed E-state index contributed by atoms with van der Waals surface area (Å²) in [6.45, 7) is 0. The summed E-state index contributed by atoms with van der Waals surface area (Å²) < 4.78 is 0. The fourth-order valence-corrected chi connectivity index (χ4v) is 3.90. The third kappa shape index (κ3) is 3.08. The van der Waals surface area contributed by atoms with E-state index in [0.717, 1.165) is 32.4 Å². The number of fused-ring (bicyclic) bond motifs is 2. The molecule has 7 heteroatoms. The maximum atomic E-state index is 4.54. The number of hydrogen-bond acceptors (Lipinski definition) is 7. The van der Waals surface area contributed by atoms with Crippen LogP contribution in [0.2, 0.25) is 0 Å². The fourth-order valence-electron chi connectivity index (χ4n) is 2.98. The fraction of sp³-hybridized carbons (Fsp3) is 0.